The van der Waals surface area contributed by atoms with Crippen LogP contribution in [0.4, 0.5) is 4.39 Å². The van der Waals surface area contributed by atoms with Gasteiger partial charge in [0.15, 0.2) is 0 Å². The van der Waals surface area contributed by atoms with Crippen molar-refractivity contribution >= 4 is 5.97 Å². The molecule has 1 N–H and O–H groups in total. The Morgan fingerprint density at radius 3 is 2.93 bits per heavy atom. The molecular weight excluding hydrogens is 195 g/mol. The number of fused-ring (bicyclic) bond motifs is 1. The van der Waals surface area contributed by atoms with Crippen LogP contribution in [0.15, 0.2) is 18.2 Å². The van der Waals surface area contributed by atoms with Crippen LogP contribution in [-0.4, -0.2) is 11.1 Å². The van der Waals surface area contributed by atoms with Crippen LogP contribution in [0.2, 0.25) is 0 Å². The number of carboxylic acids is 1. The lowest BCUT2D eigenvalue weighted by molar-refractivity contribution is -0.137. The molecular formula is C12H13FO2. The first-order valence-electron chi connectivity index (χ1n) is 5.09. The van der Waals surface area contributed by atoms with Gasteiger partial charge in [0.1, 0.15) is 5.82 Å². The van der Waals surface area contributed by atoms with Gasteiger partial charge in [0.05, 0.1) is 6.42 Å². The van der Waals surface area contributed by atoms with E-state index in [0.29, 0.717) is 5.92 Å². The average molecular weight is 208 g/mol. The number of rotatable bonds is 2. The highest BCUT2D eigenvalue weighted by atomic mass is 19.1. The van der Waals surface area contributed by atoms with Crippen molar-refractivity contribution in [2.45, 2.75) is 31.6 Å². The van der Waals surface area contributed by atoms with E-state index in [1.165, 1.54) is 12.1 Å². The predicted octanol–water partition coefficient (Wildman–Crippen LogP) is 2.89. The van der Waals surface area contributed by atoms with Crippen LogP contribution in [0.5, 0.6) is 0 Å². The number of carboxylic acid groups (broad SMARTS) is 1. The smallest absolute Gasteiger partial charge is 0.303 e. The summed E-state index contributed by atoms with van der Waals surface area (Å²) in [6.07, 6.45) is 0.909. The van der Waals surface area contributed by atoms with Gasteiger partial charge >= 0.3 is 5.97 Å². The van der Waals surface area contributed by atoms with Gasteiger partial charge in [-0.2, -0.15) is 0 Å². The van der Waals surface area contributed by atoms with Crippen molar-refractivity contribution in [3.05, 3.63) is 35.1 Å². The molecule has 0 heterocycles. The fourth-order valence-electron chi connectivity index (χ4n) is 2.43. The lowest BCUT2D eigenvalue weighted by Crippen LogP contribution is -2.03. The number of hydrogen-bond acceptors (Lipinski definition) is 1. The van der Waals surface area contributed by atoms with Crippen LogP contribution < -0.4 is 0 Å². The molecule has 1 aliphatic rings. The van der Waals surface area contributed by atoms with Crippen LogP contribution in [0, 0.1) is 5.82 Å². The van der Waals surface area contributed by atoms with Gasteiger partial charge in [-0.3, -0.25) is 4.79 Å². The van der Waals surface area contributed by atoms with Crippen molar-refractivity contribution in [3.8, 4) is 0 Å². The first-order valence-corrected chi connectivity index (χ1v) is 5.09. The van der Waals surface area contributed by atoms with E-state index in [0.717, 1.165) is 17.5 Å². The van der Waals surface area contributed by atoms with Gasteiger partial charge in [0.25, 0.3) is 0 Å². The molecule has 80 valence electrons. The Bertz CT molecular complexity index is 401. The largest absolute Gasteiger partial charge is 0.481 e. The molecule has 0 radical (unpaired) electrons. The van der Waals surface area contributed by atoms with E-state index in [-0.39, 0.29) is 18.2 Å². The quantitative estimate of drug-likeness (QED) is 0.811. The Balaban J connectivity index is 2.35. The van der Waals surface area contributed by atoms with Crippen LogP contribution in [-0.2, 0) is 4.79 Å². The van der Waals surface area contributed by atoms with Gasteiger partial charge in [0.2, 0.25) is 0 Å². The average Bonchev–Trinajstić information content (AvgIpc) is 2.42. The molecule has 1 aromatic carbocycles. The standard InChI is InChI=1S/C12H13FO2/c1-7-4-8(5-12(14)15)11-6-9(13)2-3-10(7)11/h2-3,6-8H,4-5H2,1H3,(H,14,15). The zero-order valence-corrected chi connectivity index (χ0v) is 8.53. The molecule has 1 aliphatic carbocycles. The lowest BCUT2D eigenvalue weighted by Gasteiger charge is -2.07. The molecule has 0 fully saturated rings. The predicted molar refractivity (Wildman–Crippen MR) is 54.4 cm³/mol. The van der Waals surface area contributed by atoms with Gasteiger partial charge in [-0.1, -0.05) is 13.0 Å². The molecule has 2 unspecified atom stereocenters. The van der Waals surface area contributed by atoms with Crippen molar-refractivity contribution in [1.29, 1.82) is 0 Å². The summed E-state index contributed by atoms with van der Waals surface area (Å²) in [5.74, 6) is -0.782. The Morgan fingerprint density at radius 1 is 1.53 bits per heavy atom. The van der Waals surface area contributed by atoms with Gasteiger partial charge in [-0.25, -0.2) is 4.39 Å². The third kappa shape index (κ3) is 1.87. The minimum absolute atomic E-state index is 0.0248. The monoisotopic (exact) mass is 208 g/mol. The van der Waals surface area contributed by atoms with E-state index in [1.54, 1.807) is 6.07 Å². The summed E-state index contributed by atoms with van der Waals surface area (Å²) in [6, 6.07) is 4.70. The fourth-order valence-corrected chi connectivity index (χ4v) is 2.43. The van der Waals surface area contributed by atoms with Crippen molar-refractivity contribution in [2.24, 2.45) is 0 Å². The molecule has 2 rings (SSSR count). The first-order chi connectivity index (χ1) is 7.08. The normalized spacial score (nSPS) is 23.9. The molecule has 0 aromatic heterocycles. The summed E-state index contributed by atoms with van der Waals surface area (Å²) in [7, 11) is 0. The van der Waals surface area contributed by atoms with E-state index in [9.17, 15) is 9.18 Å². The summed E-state index contributed by atoms with van der Waals surface area (Å²) in [5, 5.41) is 8.76. The topological polar surface area (TPSA) is 37.3 Å². The zero-order valence-electron chi connectivity index (χ0n) is 8.53. The second-order valence-corrected chi connectivity index (χ2v) is 4.20. The maximum absolute atomic E-state index is 13.1. The number of carbonyl (C=O) groups is 1. The fraction of sp³-hybridized carbons (Fsp3) is 0.417. The molecule has 1 aromatic rings. The second kappa shape index (κ2) is 3.65. The summed E-state index contributed by atoms with van der Waals surface area (Å²) in [4.78, 5) is 10.7. The molecule has 0 spiro atoms. The highest BCUT2D eigenvalue weighted by Crippen LogP contribution is 2.43. The molecule has 0 saturated carbocycles. The van der Waals surface area contributed by atoms with Crippen LogP contribution in [0.3, 0.4) is 0 Å². The Morgan fingerprint density at radius 2 is 2.27 bits per heavy atom. The van der Waals surface area contributed by atoms with Gasteiger partial charge in [0, 0.05) is 0 Å². The highest BCUT2D eigenvalue weighted by Gasteiger charge is 2.29. The molecule has 15 heavy (non-hydrogen) atoms. The SMILES string of the molecule is CC1CC(CC(=O)O)c2cc(F)ccc21. The maximum atomic E-state index is 13.1. The van der Waals surface area contributed by atoms with Crippen molar-refractivity contribution in [1.82, 2.24) is 0 Å². The molecule has 0 amide bonds. The van der Waals surface area contributed by atoms with Crippen LogP contribution in [0.25, 0.3) is 0 Å². The summed E-state index contributed by atoms with van der Waals surface area (Å²) in [6.45, 7) is 2.05. The van der Waals surface area contributed by atoms with E-state index in [1.807, 2.05) is 0 Å². The van der Waals surface area contributed by atoms with Crippen LogP contribution >= 0.6 is 0 Å². The summed E-state index contributed by atoms with van der Waals surface area (Å²) < 4.78 is 13.1. The van der Waals surface area contributed by atoms with Gasteiger partial charge in [-0.05, 0) is 41.5 Å². The number of halogens is 1. The molecule has 0 aliphatic heterocycles. The molecule has 0 saturated heterocycles. The summed E-state index contributed by atoms with van der Waals surface area (Å²) >= 11 is 0. The van der Waals surface area contributed by atoms with Gasteiger partial charge < -0.3 is 5.11 Å². The number of aliphatic carboxylic acids is 1. The Hall–Kier alpha value is -1.38. The number of benzene rings is 1. The molecule has 3 heteroatoms. The third-order valence-corrected chi connectivity index (χ3v) is 3.08. The van der Waals surface area contributed by atoms with E-state index in [4.69, 9.17) is 5.11 Å². The lowest BCUT2D eigenvalue weighted by atomic mass is 9.98. The highest BCUT2D eigenvalue weighted by molar-refractivity contribution is 5.68. The zero-order chi connectivity index (χ0) is 11.0. The molecule has 2 atom stereocenters. The van der Waals surface area contributed by atoms with Crippen molar-refractivity contribution in [2.75, 3.05) is 0 Å². The Labute approximate surface area is 87.7 Å². The van der Waals surface area contributed by atoms with Crippen molar-refractivity contribution < 1.29 is 14.3 Å². The van der Waals surface area contributed by atoms with E-state index in [2.05, 4.69) is 6.92 Å². The minimum Gasteiger partial charge on any atom is -0.481 e. The second-order valence-electron chi connectivity index (χ2n) is 4.20. The number of hydrogen-bond donors (Lipinski definition) is 1. The Kier molecular flexibility index (Phi) is 2.47. The van der Waals surface area contributed by atoms with E-state index < -0.39 is 5.97 Å². The molecule has 0 bridgehead atoms. The maximum Gasteiger partial charge on any atom is 0.303 e. The third-order valence-electron chi connectivity index (χ3n) is 3.08. The van der Waals surface area contributed by atoms with Gasteiger partial charge in [-0.15, -0.1) is 0 Å². The van der Waals surface area contributed by atoms with Crippen molar-refractivity contribution in [3.63, 3.8) is 0 Å². The first kappa shape index (κ1) is 10.1. The van der Waals surface area contributed by atoms with Crippen LogP contribution in [0.1, 0.15) is 42.7 Å². The van der Waals surface area contributed by atoms with E-state index >= 15 is 0 Å². The summed E-state index contributed by atoms with van der Waals surface area (Å²) in [5.41, 5.74) is 1.98. The minimum atomic E-state index is -0.815. The molecule has 2 nitrogen and oxygen atoms in total.